The van der Waals surface area contributed by atoms with E-state index in [0.29, 0.717) is 0 Å². The second-order valence-corrected chi connectivity index (χ2v) is 6.16. The van der Waals surface area contributed by atoms with Crippen LogP contribution < -0.4 is 5.32 Å². The second kappa shape index (κ2) is 8.13. The fourth-order valence-electron chi connectivity index (χ4n) is 3.37. The van der Waals surface area contributed by atoms with Crippen LogP contribution in [0.3, 0.4) is 0 Å². The van der Waals surface area contributed by atoms with Crippen LogP contribution in [0.5, 0.6) is 0 Å². The molecule has 1 fully saturated rings. The minimum absolute atomic E-state index is 0.796. The van der Waals surface area contributed by atoms with Crippen LogP contribution in [-0.4, -0.2) is 12.6 Å². The number of nitrogens with one attached hydrogen (secondary N) is 1. The molecule has 1 heteroatoms. The lowest BCUT2D eigenvalue weighted by molar-refractivity contribution is 0.280. The van der Waals surface area contributed by atoms with E-state index in [9.17, 15) is 0 Å². The molecule has 0 aromatic rings. The van der Waals surface area contributed by atoms with Gasteiger partial charge in [-0.1, -0.05) is 47.0 Å². The van der Waals surface area contributed by atoms with Gasteiger partial charge >= 0.3 is 0 Å². The SMILES string of the molecule is CCCNC(CC(CC)CC)C1CCC(C)C1. The zero-order valence-electron chi connectivity index (χ0n) is 12.5. The van der Waals surface area contributed by atoms with E-state index in [-0.39, 0.29) is 0 Å². The van der Waals surface area contributed by atoms with Gasteiger partial charge in [-0.3, -0.25) is 0 Å². The van der Waals surface area contributed by atoms with E-state index in [4.69, 9.17) is 0 Å². The van der Waals surface area contributed by atoms with Gasteiger partial charge < -0.3 is 5.32 Å². The minimum atomic E-state index is 0.796. The number of rotatable bonds is 8. The molecule has 3 atom stereocenters. The highest BCUT2D eigenvalue weighted by atomic mass is 14.9. The van der Waals surface area contributed by atoms with Crippen LogP contribution >= 0.6 is 0 Å². The van der Waals surface area contributed by atoms with Crippen molar-refractivity contribution in [1.29, 1.82) is 0 Å². The molecule has 1 aliphatic carbocycles. The second-order valence-electron chi connectivity index (χ2n) is 6.16. The molecule has 0 spiro atoms. The van der Waals surface area contributed by atoms with Crippen molar-refractivity contribution >= 4 is 0 Å². The molecule has 1 aliphatic rings. The highest BCUT2D eigenvalue weighted by Crippen LogP contribution is 2.35. The lowest BCUT2D eigenvalue weighted by atomic mass is 9.86. The summed E-state index contributed by atoms with van der Waals surface area (Å²) in [6.45, 7) is 10.6. The third-order valence-corrected chi connectivity index (χ3v) is 4.70. The van der Waals surface area contributed by atoms with Gasteiger partial charge in [0.2, 0.25) is 0 Å². The van der Waals surface area contributed by atoms with E-state index in [2.05, 4.69) is 33.0 Å². The normalized spacial score (nSPS) is 26.6. The van der Waals surface area contributed by atoms with Crippen molar-refractivity contribution < 1.29 is 0 Å². The van der Waals surface area contributed by atoms with Gasteiger partial charge in [-0.2, -0.15) is 0 Å². The van der Waals surface area contributed by atoms with Gasteiger partial charge in [0.25, 0.3) is 0 Å². The first kappa shape index (κ1) is 15.0. The van der Waals surface area contributed by atoms with Crippen molar-refractivity contribution in [3.05, 3.63) is 0 Å². The summed E-state index contributed by atoms with van der Waals surface area (Å²) in [5.74, 6) is 2.85. The summed E-state index contributed by atoms with van der Waals surface area (Å²) in [7, 11) is 0. The van der Waals surface area contributed by atoms with Gasteiger partial charge in [0.15, 0.2) is 0 Å². The Balaban J connectivity index is 2.47. The van der Waals surface area contributed by atoms with Gasteiger partial charge in [0.05, 0.1) is 0 Å². The molecule has 102 valence electrons. The first-order valence-corrected chi connectivity index (χ1v) is 7.94. The summed E-state index contributed by atoms with van der Waals surface area (Å²) in [5.41, 5.74) is 0. The smallest absolute Gasteiger partial charge is 0.00980 e. The standard InChI is InChI=1S/C16H33N/c1-5-10-17-16(12-14(6-2)7-3)15-9-8-13(4)11-15/h13-17H,5-12H2,1-4H3. The molecule has 0 radical (unpaired) electrons. The van der Waals surface area contributed by atoms with Crippen LogP contribution in [0.1, 0.15) is 72.6 Å². The molecule has 1 nitrogen and oxygen atoms in total. The number of hydrogen-bond acceptors (Lipinski definition) is 1. The Morgan fingerprint density at radius 2 is 1.82 bits per heavy atom. The van der Waals surface area contributed by atoms with Gasteiger partial charge in [0, 0.05) is 6.04 Å². The van der Waals surface area contributed by atoms with E-state index < -0.39 is 0 Å². The fraction of sp³-hybridized carbons (Fsp3) is 1.00. The molecule has 0 saturated heterocycles. The Bertz CT molecular complexity index is 186. The van der Waals surface area contributed by atoms with Crippen molar-refractivity contribution in [3.8, 4) is 0 Å². The molecule has 0 aliphatic heterocycles. The van der Waals surface area contributed by atoms with Crippen LogP contribution in [0, 0.1) is 17.8 Å². The maximum Gasteiger partial charge on any atom is 0.00980 e. The van der Waals surface area contributed by atoms with Crippen molar-refractivity contribution in [2.75, 3.05) is 6.54 Å². The third-order valence-electron chi connectivity index (χ3n) is 4.70. The largest absolute Gasteiger partial charge is 0.314 e. The molecule has 0 heterocycles. The van der Waals surface area contributed by atoms with Crippen LogP contribution in [0.2, 0.25) is 0 Å². The Morgan fingerprint density at radius 3 is 2.29 bits per heavy atom. The highest BCUT2D eigenvalue weighted by Gasteiger charge is 2.29. The van der Waals surface area contributed by atoms with Crippen LogP contribution in [0.25, 0.3) is 0 Å². The summed E-state index contributed by atoms with van der Waals surface area (Å²) in [6.07, 6.45) is 9.75. The molecule has 17 heavy (non-hydrogen) atoms. The van der Waals surface area contributed by atoms with Gasteiger partial charge in [-0.05, 0) is 50.0 Å². The fourth-order valence-corrected chi connectivity index (χ4v) is 3.37. The summed E-state index contributed by atoms with van der Waals surface area (Å²) in [5, 5.41) is 3.83. The van der Waals surface area contributed by atoms with Crippen LogP contribution in [0.15, 0.2) is 0 Å². The molecule has 1 rings (SSSR count). The predicted octanol–water partition coefficient (Wildman–Crippen LogP) is 4.62. The van der Waals surface area contributed by atoms with Crippen molar-refractivity contribution in [1.82, 2.24) is 5.32 Å². The first-order valence-electron chi connectivity index (χ1n) is 7.94. The first-order chi connectivity index (χ1) is 8.21. The van der Waals surface area contributed by atoms with E-state index in [0.717, 1.165) is 23.8 Å². The van der Waals surface area contributed by atoms with Gasteiger partial charge in [-0.15, -0.1) is 0 Å². The van der Waals surface area contributed by atoms with E-state index in [1.54, 1.807) is 0 Å². The molecular formula is C16H33N. The quantitative estimate of drug-likeness (QED) is 0.652. The Labute approximate surface area is 109 Å². The highest BCUT2D eigenvalue weighted by molar-refractivity contribution is 4.84. The van der Waals surface area contributed by atoms with E-state index >= 15 is 0 Å². The molecule has 0 amide bonds. The summed E-state index contributed by atoms with van der Waals surface area (Å²) in [4.78, 5) is 0. The van der Waals surface area contributed by atoms with E-state index in [1.165, 1.54) is 51.5 Å². The molecule has 3 unspecified atom stereocenters. The molecule has 1 saturated carbocycles. The third kappa shape index (κ3) is 4.99. The summed E-state index contributed by atoms with van der Waals surface area (Å²) in [6, 6.07) is 0.796. The molecule has 0 aromatic carbocycles. The Morgan fingerprint density at radius 1 is 1.12 bits per heavy atom. The monoisotopic (exact) mass is 239 g/mol. The lowest BCUT2D eigenvalue weighted by Crippen LogP contribution is -2.37. The number of hydrogen-bond donors (Lipinski definition) is 1. The molecule has 1 N–H and O–H groups in total. The van der Waals surface area contributed by atoms with Crippen LogP contribution in [0.4, 0.5) is 0 Å². The van der Waals surface area contributed by atoms with Crippen LogP contribution in [-0.2, 0) is 0 Å². The zero-order valence-corrected chi connectivity index (χ0v) is 12.5. The molecular weight excluding hydrogens is 206 g/mol. The lowest BCUT2D eigenvalue weighted by Gasteiger charge is -2.28. The maximum atomic E-state index is 3.83. The average molecular weight is 239 g/mol. The van der Waals surface area contributed by atoms with Gasteiger partial charge in [0.1, 0.15) is 0 Å². The maximum absolute atomic E-state index is 3.83. The average Bonchev–Trinajstić information content (AvgIpc) is 2.76. The predicted molar refractivity (Wildman–Crippen MR) is 77.3 cm³/mol. The van der Waals surface area contributed by atoms with Crippen molar-refractivity contribution in [3.63, 3.8) is 0 Å². The van der Waals surface area contributed by atoms with Gasteiger partial charge in [-0.25, -0.2) is 0 Å². The topological polar surface area (TPSA) is 12.0 Å². The summed E-state index contributed by atoms with van der Waals surface area (Å²) >= 11 is 0. The minimum Gasteiger partial charge on any atom is -0.314 e. The Kier molecular flexibility index (Phi) is 7.18. The summed E-state index contributed by atoms with van der Waals surface area (Å²) < 4.78 is 0. The zero-order chi connectivity index (χ0) is 12.7. The molecule has 0 bridgehead atoms. The van der Waals surface area contributed by atoms with Crippen molar-refractivity contribution in [2.24, 2.45) is 17.8 Å². The van der Waals surface area contributed by atoms with E-state index in [1.807, 2.05) is 0 Å². The van der Waals surface area contributed by atoms with Crippen molar-refractivity contribution in [2.45, 2.75) is 78.7 Å². The Hall–Kier alpha value is -0.0400. The molecule has 0 aromatic heterocycles.